The van der Waals surface area contributed by atoms with E-state index in [9.17, 15) is 14.7 Å². The summed E-state index contributed by atoms with van der Waals surface area (Å²) in [5.41, 5.74) is 0.644. The molecule has 1 aromatic rings. The molecular formula is C14H19NO7. The first-order valence-electron chi connectivity index (χ1n) is 6.22. The van der Waals surface area contributed by atoms with Crippen molar-refractivity contribution in [2.45, 2.75) is 26.3 Å². The molecule has 0 unspecified atom stereocenters. The lowest BCUT2D eigenvalue weighted by molar-refractivity contribution is -0.141. The number of phenolic OH excluding ortho intramolecular Hbond substituents is 1. The molecule has 1 rings (SSSR count). The first-order chi connectivity index (χ1) is 10.2. The predicted octanol–water partition coefficient (Wildman–Crippen LogP) is 0.624. The second-order valence-electron chi connectivity index (χ2n) is 4.32. The number of carbonyl (C=O) groups excluding carboxylic acids is 1. The van der Waals surface area contributed by atoms with Gasteiger partial charge in [0.2, 0.25) is 5.91 Å². The van der Waals surface area contributed by atoms with Crippen LogP contribution in [0.2, 0.25) is 0 Å². The van der Waals surface area contributed by atoms with Crippen LogP contribution in [0, 0.1) is 0 Å². The SMILES string of the molecule is CC(=O)O.COc1cc(C[C@H](NC(C)=O)C(=O)O)ccc1O. The number of ether oxygens (including phenoxy) is 1. The Morgan fingerprint density at radius 1 is 1.23 bits per heavy atom. The van der Waals surface area contributed by atoms with E-state index in [1.807, 2.05) is 0 Å². The molecule has 1 atom stereocenters. The van der Waals surface area contributed by atoms with E-state index in [0.29, 0.717) is 5.56 Å². The first-order valence-corrected chi connectivity index (χ1v) is 6.22. The van der Waals surface area contributed by atoms with Crippen LogP contribution in [0.1, 0.15) is 19.4 Å². The summed E-state index contributed by atoms with van der Waals surface area (Å²) in [5, 5.41) is 28.1. The van der Waals surface area contributed by atoms with Crippen molar-refractivity contribution in [3.63, 3.8) is 0 Å². The number of nitrogens with one attached hydrogen (secondary N) is 1. The zero-order valence-electron chi connectivity index (χ0n) is 12.5. The van der Waals surface area contributed by atoms with E-state index >= 15 is 0 Å². The molecule has 22 heavy (non-hydrogen) atoms. The summed E-state index contributed by atoms with van der Waals surface area (Å²) in [6, 6.07) is 3.53. The lowest BCUT2D eigenvalue weighted by atomic mass is 10.1. The zero-order chi connectivity index (χ0) is 17.3. The molecule has 0 aliphatic heterocycles. The Bertz CT molecular complexity index is 538. The lowest BCUT2D eigenvalue weighted by Gasteiger charge is -2.14. The highest BCUT2D eigenvalue weighted by molar-refractivity contribution is 5.82. The Hall–Kier alpha value is -2.77. The van der Waals surface area contributed by atoms with E-state index < -0.39 is 23.9 Å². The van der Waals surface area contributed by atoms with Crippen molar-refractivity contribution in [3.8, 4) is 11.5 Å². The third kappa shape index (κ3) is 7.73. The van der Waals surface area contributed by atoms with E-state index in [2.05, 4.69) is 5.32 Å². The van der Waals surface area contributed by atoms with Gasteiger partial charge in [0.1, 0.15) is 6.04 Å². The van der Waals surface area contributed by atoms with Crippen LogP contribution in [-0.2, 0) is 20.8 Å². The number of hydrogen-bond acceptors (Lipinski definition) is 5. The number of amides is 1. The van der Waals surface area contributed by atoms with Crippen molar-refractivity contribution in [1.29, 1.82) is 0 Å². The molecule has 0 radical (unpaired) electrons. The van der Waals surface area contributed by atoms with Gasteiger partial charge in [-0.2, -0.15) is 0 Å². The van der Waals surface area contributed by atoms with Gasteiger partial charge in [-0.05, 0) is 17.7 Å². The fourth-order valence-electron chi connectivity index (χ4n) is 1.53. The van der Waals surface area contributed by atoms with Gasteiger partial charge in [-0.1, -0.05) is 6.07 Å². The number of rotatable bonds is 5. The van der Waals surface area contributed by atoms with E-state index in [4.69, 9.17) is 19.7 Å². The summed E-state index contributed by atoms with van der Waals surface area (Å²) in [5.74, 6) is -2.11. The average Bonchev–Trinajstić information content (AvgIpc) is 2.38. The summed E-state index contributed by atoms with van der Waals surface area (Å²) in [6.45, 7) is 2.34. The topological polar surface area (TPSA) is 133 Å². The monoisotopic (exact) mass is 313 g/mol. The van der Waals surface area contributed by atoms with Gasteiger partial charge in [0.15, 0.2) is 11.5 Å². The van der Waals surface area contributed by atoms with Crippen LogP contribution < -0.4 is 10.1 Å². The van der Waals surface area contributed by atoms with Crippen molar-refractivity contribution in [2.75, 3.05) is 7.11 Å². The number of aromatic hydroxyl groups is 1. The fraction of sp³-hybridized carbons (Fsp3) is 0.357. The molecule has 0 saturated carbocycles. The molecule has 1 aromatic carbocycles. The summed E-state index contributed by atoms with van der Waals surface area (Å²) in [4.78, 5) is 30.9. The van der Waals surface area contributed by atoms with Crippen LogP contribution in [0.15, 0.2) is 18.2 Å². The smallest absolute Gasteiger partial charge is 0.326 e. The number of carboxylic acid groups (broad SMARTS) is 2. The molecule has 122 valence electrons. The Kier molecular flexibility index (Phi) is 8.06. The number of hydrogen-bond donors (Lipinski definition) is 4. The van der Waals surface area contributed by atoms with Crippen molar-refractivity contribution in [2.24, 2.45) is 0 Å². The summed E-state index contributed by atoms with van der Waals surface area (Å²) < 4.78 is 4.92. The molecule has 1 amide bonds. The van der Waals surface area contributed by atoms with E-state index in [1.54, 1.807) is 6.07 Å². The van der Waals surface area contributed by atoms with Gasteiger partial charge in [-0.25, -0.2) is 4.79 Å². The van der Waals surface area contributed by atoms with Crippen LogP contribution in [0.5, 0.6) is 11.5 Å². The minimum atomic E-state index is -1.11. The summed E-state index contributed by atoms with van der Waals surface area (Å²) in [6.07, 6.45) is 0.117. The van der Waals surface area contributed by atoms with Gasteiger partial charge in [0, 0.05) is 20.3 Å². The van der Waals surface area contributed by atoms with Gasteiger partial charge >= 0.3 is 5.97 Å². The van der Waals surface area contributed by atoms with Crippen LogP contribution in [0.3, 0.4) is 0 Å². The lowest BCUT2D eigenvalue weighted by Crippen LogP contribution is -2.41. The molecule has 0 spiro atoms. The van der Waals surface area contributed by atoms with Crippen LogP contribution >= 0.6 is 0 Å². The molecule has 0 heterocycles. The first kappa shape index (κ1) is 19.2. The van der Waals surface area contributed by atoms with Crippen molar-refractivity contribution in [1.82, 2.24) is 5.32 Å². The number of carbonyl (C=O) groups is 3. The molecular weight excluding hydrogens is 294 g/mol. The largest absolute Gasteiger partial charge is 0.504 e. The van der Waals surface area contributed by atoms with E-state index in [-0.39, 0.29) is 17.9 Å². The maximum Gasteiger partial charge on any atom is 0.326 e. The summed E-state index contributed by atoms with van der Waals surface area (Å²) in [7, 11) is 1.40. The normalized spacial score (nSPS) is 10.7. The highest BCUT2D eigenvalue weighted by Gasteiger charge is 2.19. The van der Waals surface area contributed by atoms with E-state index in [0.717, 1.165) is 6.92 Å². The molecule has 0 fully saturated rings. The highest BCUT2D eigenvalue weighted by Crippen LogP contribution is 2.26. The van der Waals surface area contributed by atoms with Crippen molar-refractivity contribution >= 4 is 17.8 Å². The van der Waals surface area contributed by atoms with Crippen molar-refractivity contribution < 1.29 is 34.4 Å². The number of methoxy groups -OCH3 is 1. The predicted molar refractivity (Wildman–Crippen MR) is 76.9 cm³/mol. The maximum atomic E-state index is 11.0. The van der Waals surface area contributed by atoms with Gasteiger partial charge in [-0.3, -0.25) is 9.59 Å². The molecule has 8 nitrogen and oxygen atoms in total. The molecule has 0 aromatic heterocycles. The minimum Gasteiger partial charge on any atom is -0.504 e. The Labute approximate surface area is 127 Å². The van der Waals surface area contributed by atoms with Crippen LogP contribution in [0.25, 0.3) is 0 Å². The summed E-state index contributed by atoms with van der Waals surface area (Å²) >= 11 is 0. The Morgan fingerprint density at radius 3 is 2.18 bits per heavy atom. The quantitative estimate of drug-likeness (QED) is 0.626. The number of aliphatic carboxylic acids is 2. The fourth-order valence-corrected chi connectivity index (χ4v) is 1.53. The molecule has 0 bridgehead atoms. The molecule has 8 heteroatoms. The van der Waals surface area contributed by atoms with Gasteiger partial charge in [0.05, 0.1) is 7.11 Å². The van der Waals surface area contributed by atoms with Crippen molar-refractivity contribution in [3.05, 3.63) is 23.8 Å². The standard InChI is InChI=1S/C12H15NO5.C2H4O2/c1-7(14)13-9(12(16)17)5-8-3-4-10(15)11(6-8)18-2;1-2(3)4/h3-4,6,9,15H,5H2,1-2H3,(H,13,14)(H,16,17);1H3,(H,3,4)/t9-;/m0./s1. The third-order valence-corrected chi connectivity index (χ3v) is 2.36. The molecule has 0 saturated heterocycles. The number of carboxylic acids is 2. The Balaban J connectivity index is 0.000000980. The number of phenols is 1. The van der Waals surface area contributed by atoms with Gasteiger partial charge in [0.25, 0.3) is 5.97 Å². The average molecular weight is 313 g/mol. The molecule has 0 aliphatic rings. The number of benzene rings is 1. The second kappa shape index (κ2) is 9.22. The zero-order valence-corrected chi connectivity index (χ0v) is 12.5. The highest BCUT2D eigenvalue weighted by atomic mass is 16.5. The molecule has 0 aliphatic carbocycles. The van der Waals surface area contributed by atoms with E-state index in [1.165, 1.54) is 26.2 Å². The Morgan fingerprint density at radius 2 is 1.77 bits per heavy atom. The van der Waals surface area contributed by atoms with Gasteiger partial charge in [-0.15, -0.1) is 0 Å². The minimum absolute atomic E-state index is 0.0207. The molecule has 4 N–H and O–H groups in total. The maximum absolute atomic E-state index is 11.0. The second-order valence-corrected chi connectivity index (χ2v) is 4.32. The third-order valence-electron chi connectivity index (χ3n) is 2.36. The van der Waals surface area contributed by atoms with Crippen LogP contribution in [-0.4, -0.2) is 46.3 Å². The van der Waals surface area contributed by atoms with Gasteiger partial charge < -0.3 is 25.4 Å². The van der Waals surface area contributed by atoms with Crippen LogP contribution in [0.4, 0.5) is 0 Å².